The van der Waals surface area contributed by atoms with Gasteiger partial charge in [-0.1, -0.05) is 49.4 Å². The first-order valence-electron chi connectivity index (χ1n) is 7.95. The van der Waals surface area contributed by atoms with Gasteiger partial charge in [-0.3, -0.25) is 0 Å². The van der Waals surface area contributed by atoms with Gasteiger partial charge in [0, 0.05) is 7.11 Å². The van der Waals surface area contributed by atoms with Gasteiger partial charge in [0.1, 0.15) is 0 Å². The summed E-state index contributed by atoms with van der Waals surface area (Å²) in [7, 11) is 1.82. The molecular weight excluding hydrogens is 258 g/mol. The average Bonchev–Trinajstić information content (AvgIpc) is 2.55. The molecule has 0 aromatic heterocycles. The van der Waals surface area contributed by atoms with Crippen molar-refractivity contribution < 1.29 is 4.74 Å². The molecule has 1 saturated carbocycles. The molecule has 0 heterocycles. The minimum Gasteiger partial charge on any atom is -0.376 e. The Hall–Kier alpha value is -1.38. The summed E-state index contributed by atoms with van der Waals surface area (Å²) in [6, 6.07) is 14.8. The van der Waals surface area contributed by atoms with E-state index in [1.54, 1.807) is 0 Å². The summed E-state index contributed by atoms with van der Waals surface area (Å²) in [5, 5.41) is 2.50. The van der Waals surface area contributed by atoms with Crippen molar-refractivity contribution in [1.82, 2.24) is 0 Å². The van der Waals surface area contributed by atoms with Crippen molar-refractivity contribution in [3.63, 3.8) is 0 Å². The molecule has 0 spiro atoms. The summed E-state index contributed by atoms with van der Waals surface area (Å²) in [5.41, 5.74) is 7.70. The Bertz CT molecular complexity index is 608. The highest BCUT2D eigenvalue weighted by Gasteiger charge is 2.40. The van der Waals surface area contributed by atoms with Gasteiger partial charge in [-0.2, -0.15) is 0 Å². The molecule has 3 rings (SSSR count). The molecule has 112 valence electrons. The Labute approximate surface area is 127 Å². The average molecular weight is 283 g/mol. The molecule has 0 radical (unpaired) electrons. The smallest absolute Gasteiger partial charge is 0.0870 e. The number of benzene rings is 2. The Balaban J connectivity index is 2.01. The summed E-state index contributed by atoms with van der Waals surface area (Å²) in [6.45, 7) is 2.32. The van der Waals surface area contributed by atoms with Crippen molar-refractivity contribution >= 4 is 10.8 Å². The van der Waals surface area contributed by atoms with Crippen LogP contribution in [0.1, 0.15) is 44.2 Å². The molecule has 2 nitrogen and oxygen atoms in total. The lowest BCUT2D eigenvalue weighted by Gasteiger charge is -2.43. The van der Waals surface area contributed by atoms with Crippen LogP contribution in [0.25, 0.3) is 10.8 Å². The van der Waals surface area contributed by atoms with E-state index in [2.05, 4.69) is 49.4 Å². The van der Waals surface area contributed by atoms with Crippen LogP contribution in [0.3, 0.4) is 0 Å². The van der Waals surface area contributed by atoms with Gasteiger partial charge in [0.2, 0.25) is 0 Å². The standard InChI is InChI=1S/C19H25NO/c1-14-10-12-19(21-2,13-11-14)18(20)17-9-5-7-15-6-3-4-8-16(15)17/h3-9,14,18H,10-13,20H2,1-2H3. The van der Waals surface area contributed by atoms with E-state index < -0.39 is 0 Å². The Morgan fingerprint density at radius 3 is 2.48 bits per heavy atom. The van der Waals surface area contributed by atoms with Gasteiger partial charge in [-0.05, 0) is 47.9 Å². The highest BCUT2D eigenvalue weighted by atomic mass is 16.5. The first-order chi connectivity index (χ1) is 10.2. The maximum Gasteiger partial charge on any atom is 0.0870 e. The minimum atomic E-state index is -0.212. The lowest BCUT2D eigenvalue weighted by atomic mass is 9.73. The maximum atomic E-state index is 6.70. The molecule has 2 aromatic rings. The molecule has 1 fully saturated rings. The van der Waals surface area contributed by atoms with Crippen LogP contribution in [0, 0.1) is 5.92 Å². The zero-order chi connectivity index (χ0) is 14.9. The molecular formula is C19H25NO. The summed E-state index contributed by atoms with van der Waals surface area (Å²) >= 11 is 0. The second-order valence-electron chi connectivity index (χ2n) is 6.50. The molecule has 1 aliphatic rings. The Morgan fingerprint density at radius 1 is 1.10 bits per heavy atom. The van der Waals surface area contributed by atoms with Gasteiger partial charge in [0.05, 0.1) is 11.6 Å². The van der Waals surface area contributed by atoms with Gasteiger partial charge in [0.25, 0.3) is 0 Å². The second-order valence-corrected chi connectivity index (χ2v) is 6.50. The largest absolute Gasteiger partial charge is 0.376 e. The van der Waals surface area contributed by atoms with E-state index in [9.17, 15) is 0 Å². The normalized spacial score (nSPS) is 27.7. The van der Waals surface area contributed by atoms with Crippen LogP contribution in [0.5, 0.6) is 0 Å². The molecule has 1 aliphatic carbocycles. The van der Waals surface area contributed by atoms with Gasteiger partial charge in [0.15, 0.2) is 0 Å². The van der Waals surface area contributed by atoms with Crippen LogP contribution in [-0.4, -0.2) is 12.7 Å². The van der Waals surface area contributed by atoms with E-state index in [4.69, 9.17) is 10.5 Å². The van der Waals surface area contributed by atoms with E-state index in [0.717, 1.165) is 18.8 Å². The SMILES string of the molecule is COC1(C(N)c2cccc3ccccc23)CCC(C)CC1. The summed E-state index contributed by atoms with van der Waals surface area (Å²) in [4.78, 5) is 0. The quantitative estimate of drug-likeness (QED) is 0.904. The molecule has 0 aliphatic heterocycles. The monoisotopic (exact) mass is 283 g/mol. The molecule has 2 N–H and O–H groups in total. The zero-order valence-electron chi connectivity index (χ0n) is 13.0. The maximum absolute atomic E-state index is 6.70. The first-order valence-corrected chi connectivity index (χ1v) is 7.95. The molecule has 1 atom stereocenters. The van der Waals surface area contributed by atoms with E-state index in [1.807, 2.05) is 7.11 Å². The highest BCUT2D eigenvalue weighted by molar-refractivity contribution is 5.86. The van der Waals surface area contributed by atoms with Crippen LogP contribution in [0.2, 0.25) is 0 Å². The van der Waals surface area contributed by atoms with Crippen molar-refractivity contribution in [2.75, 3.05) is 7.11 Å². The van der Waals surface area contributed by atoms with Gasteiger partial charge < -0.3 is 10.5 Å². The molecule has 21 heavy (non-hydrogen) atoms. The molecule has 0 amide bonds. The van der Waals surface area contributed by atoms with Crippen molar-refractivity contribution in [1.29, 1.82) is 0 Å². The Morgan fingerprint density at radius 2 is 1.76 bits per heavy atom. The number of hydrogen-bond acceptors (Lipinski definition) is 2. The number of fused-ring (bicyclic) bond motifs is 1. The van der Waals surface area contributed by atoms with E-state index in [0.29, 0.717) is 0 Å². The molecule has 1 unspecified atom stereocenters. The lowest BCUT2D eigenvalue weighted by Crippen LogP contribution is -2.45. The van der Waals surface area contributed by atoms with Crippen LogP contribution < -0.4 is 5.73 Å². The van der Waals surface area contributed by atoms with E-state index in [1.165, 1.54) is 29.2 Å². The fourth-order valence-electron chi connectivity index (χ4n) is 3.70. The summed E-state index contributed by atoms with van der Waals surface area (Å²) in [5.74, 6) is 0.785. The number of rotatable bonds is 3. The highest BCUT2D eigenvalue weighted by Crippen LogP contribution is 2.43. The van der Waals surface area contributed by atoms with Crippen LogP contribution in [-0.2, 0) is 4.74 Å². The fourth-order valence-corrected chi connectivity index (χ4v) is 3.70. The number of ether oxygens (including phenoxy) is 1. The van der Waals surface area contributed by atoms with E-state index in [-0.39, 0.29) is 11.6 Å². The molecule has 2 aromatic carbocycles. The van der Waals surface area contributed by atoms with Crippen molar-refractivity contribution in [2.45, 2.75) is 44.2 Å². The predicted molar refractivity (Wildman–Crippen MR) is 88.2 cm³/mol. The topological polar surface area (TPSA) is 35.2 Å². The second kappa shape index (κ2) is 5.78. The lowest BCUT2D eigenvalue weighted by molar-refractivity contribution is -0.0669. The summed E-state index contributed by atoms with van der Waals surface area (Å²) < 4.78 is 5.97. The third-order valence-corrected chi connectivity index (χ3v) is 5.25. The number of methoxy groups -OCH3 is 1. The first kappa shape index (κ1) is 14.6. The van der Waals surface area contributed by atoms with Gasteiger partial charge in [-0.15, -0.1) is 0 Å². The van der Waals surface area contributed by atoms with Crippen molar-refractivity contribution in [3.05, 3.63) is 48.0 Å². The van der Waals surface area contributed by atoms with Crippen LogP contribution in [0.15, 0.2) is 42.5 Å². The number of hydrogen-bond donors (Lipinski definition) is 1. The third kappa shape index (κ3) is 2.58. The molecule has 2 heteroatoms. The molecule has 0 saturated heterocycles. The third-order valence-electron chi connectivity index (χ3n) is 5.25. The van der Waals surface area contributed by atoms with Gasteiger partial charge >= 0.3 is 0 Å². The van der Waals surface area contributed by atoms with Gasteiger partial charge in [-0.25, -0.2) is 0 Å². The van der Waals surface area contributed by atoms with Crippen molar-refractivity contribution in [3.8, 4) is 0 Å². The fraction of sp³-hybridized carbons (Fsp3) is 0.474. The predicted octanol–water partition coefficient (Wildman–Crippen LogP) is 4.43. The zero-order valence-corrected chi connectivity index (χ0v) is 13.0. The van der Waals surface area contributed by atoms with E-state index >= 15 is 0 Å². The number of nitrogens with two attached hydrogens (primary N) is 1. The Kier molecular flexibility index (Phi) is 4.01. The van der Waals surface area contributed by atoms with Crippen LogP contribution in [0.4, 0.5) is 0 Å². The molecule has 0 bridgehead atoms. The van der Waals surface area contributed by atoms with Crippen LogP contribution >= 0.6 is 0 Å². The van der Waals surface area contributed by atoms with Crippen molar-refractivity contribution in [2.24, 2.45) is 11.7 Å². The minimum absolute atomic E-state index is 0.0684. The summed E-state index contributed by atoms with van der Waals surface area (Å²) in [6.07, 6.45) is 4.50.